The van der Waals surface area contributed by atoms with Crippen LogP contribution >= 0.6 is 0 Å². The highest BCUT2D eigenvalue weighted by Gasteiger charge is 2.26. The number of nitrogens with one attached hydrogen (secondary N) is 2. The second-order valence-corrected chi connectivity index (χ2v) is 7.02. The zero-order valence-corrected chi connectivity index (χ0v) is 15.4. The first-order chi connectivity index (χ1) is 13.5. The highest BCUT2D eigenvalue weighted by Crippen LogP contribution is 2.24. The number of aromatic amines is 1. The molecule has 144 valence electrons. The Kier molecular flexibility index (Phi) is 4.81. The monoisotopic (exact) mass is 382 g/mol. The molecular weight excluding hydrogens is 362 g/mol. The second kappa shape index (κ2) is 7.42. The SMILES string of the molecule is Cc1ccc(C(=O)N[C@H]2CCN(c3cc(-c4ccc(F)cc4)[nH]n3)C2)cc1F. The minimum absolute atomic E-state index is 0.0390. The summed E-state index contributed by atoms with van der Waals surface area (Å²) in [6.07, 6.45) is 0.777. The number of carbonyl (C=O) groups is 1. The van der Waals surface area contributed by atoms with Gasteiger partial charge in [0.15, 0.2) is 5.82 Å². The van der Waals surface area contributed by atoms with Crippen LogP contribution in [-0.2, 0) is 0 Å². The second-order valence-electron chi connectivity index (χ2n) is 7.02. The number of nitrogens with zero attached hydrogens (tertiary/aromatic N) is 2. The smallest absolute Gasteiger partial charge is 0.251 e. The number of H-pyrrole nitrogens is 1. The van der Waals surface area contributed by atoms with Crippen molar-refractivity contribution in [3.63, 3.8) is 0 Å². The van der Waals surface area contributed by atoms with E-state index in [1.165, 1.54) is 18.2 Å². The first-order valence-corrected chi connectivity index (χ1v) is 9.13. The molecule has 0 bridgehead atoms. The van der Waals surface area contributed by atoms with Gasteiger partial charge in [0.2, 0.25) is 0 Å². The lowest BCUT2D eigenvalue weighted by Gasteiger charge is -2.16. The normalized spacial score (nSPS) is 16.4. The fraction of sp³-hybridized carbons (Fsp3) is 0.238. The number of amides is 1. The van der Waals surface area contributed by atoms with E-state index in [4.69, 9.17) is 0 Å². The quantitative estimate of drug-likeness (QED) is 0.724. The standard InChI is InChI=1S/C21H20F2N4O/c1-13-2-3-15(10-18(13)23)21(28)24-17-8-9-27(12-17)20-11-19(25-26-20)14-4-6-16(22)7-5-14/h2-7,10-11,17H,8-9,12H2,1H3,(H,24,28)(H,25,26)/t17-/m0/s1. The van der Waals surface area contributed by atoms with Crippen LogP contribution in [0.3, 0.4) is 0 Å². The molecule has 2 N–H and O–H groups in total. The van der Waals surface area contributed by atoms with Crippen LogP contribution in [0.25, 0.3) is 11.3 Å². The van der Waals surface area contributed by atoms with Crippen molar-refractivity contribution in [2.45, 2.75) is 19.4 Å². The number of benzene rings is 2. The Bertz CT molecular complexity index is 1000. The summed E-state index contributed by atoms with van der Waals surface area (Å²) in [6, 6.07) is 12.6. The number of anilines is 1. The van der Waals surface area contributed by atoms with Crippen LogP contribution in [0.2, 0.25) is 0 Å². The first-order valence-electron chi connectivity index (χ1n) is 9.13. The van der Waals surface area contributed by atoms with Gasteiger partial charge in [-0.1, -0.05) is 6.07 Å². The maximum atomic E-state index is 13.7. The molecule has 1 saturated heterocycles. The van der Waals surface area contributed by atoms with Gasteiger partial charge in [0.05, 0.1) is 5.69 Å². The van der Waals surface area contributed by atoms with Crippen molar-refractivity contribution in [3.05, 3.63) is 71.3 Å². The van der Waals surface area contributed by atoms with Gasteiger partial charge in [-0.15, -0.1) is 0 Å². The molecule has 1 fully saturated rings. The van der Waals surface area contributed by atoms with E-state index in [0.717, 1.165) is 30.0 Å². The van der Waals surface area contributed by atoms with E-state index in [1.807, 2.05) is 6.07 Å². The predicted octanol–water partition coefficient (Wildman–Crippen LogP) is 3.67. The Morgan fingerprint density at radius 3 is 2.71 bits per heavy atom. The molecule has 0 saturated carbocycles. The molecule has 2 aromatic carbocycles. The van der Waals surface area contributed by atoms with Crippen molar-refractivity contribution in [1.82, 2.24) is 15.5 Å². The summed E-state index contributed by atoms with van der Waals surface area (Å²) in [5.74, 6) is -0.169. The lowest BCUT2D eigenvalue weighted by atomic mass is 10.1. The van der Waals surface area contributed by atoms with Crippen LogP contribution < -0.4 is 10.2 Å². The number of hydrogen-bond acceptors (Lipinski definition) is 3. The minimum atomic E-state index is -0.384. The number of carbonyl (C=O) groups excluding carboxylic acids is 1. The van der Waals surface area contributed by atoms with E-state index in [1.54, 1.807) is 31.2 Å². The van der Waals surface area contributed by atoms with Crippen molar-refractivity contribution in [1.29, 1.82) is 0 Å². The summed E-state index contributed by atoms with van der Waals surface area (Å²) in [7, 11) is 0. The predicted molar refractivity (Wildman–Crippen MR) is 103 cm³/mol. The average Bonchev–Trinajstić information content (AvgIpc) is 3.34. The summed E-state index contributed by atoms with van der Waals surface area (Å²) in [5, 5.41) is 10.3. The van der Waals surface area contributed by atoms with Crippen molar-refractivity contribution >= 4 is 11.7 Å². The first kappa shape index (κ1) is 18.2. The number of rotatable bonds is 4. The molecule has 1 aromatic heterocycles. The van der Waals surface area contributed by atoms with Crippen molar-refractivity contribution in [3.8, 4) is 11.3 Å². The fourth-order valence-corrected chi connectivity index (χ4v) is 3.34. The molecule has 1 aliphatic rings. The zero-order valence-electron chi connectivity index (χ0n) is 15.4. The van der Waals surface area contributed by atoms with E-state index in [0.29, 0.717) is 17.7 Å². The third kappa shape index (κ3) is 3.74. The van der Waals surface area contributed by atoms with Gasteiger partial charge in [0.1, 0.15) is 11.6 Å². The van der Waals surface area contributed by atoms with Crippen molar-refractivity contribution in [2.24, 2.45) is 0 Å². The Morgan fingerprint density at radius 2 is 1.96 bits per heavy atom. The molecule has 0 radical (unpaired) electrons. The Labute approximate surface area is 161 Å². The van der Waals surface area contributed by atoms with Gasteiger partial charge in [-0.2, -0.15) is 5.10 Å². The largest absolute Gasteiger partial charge is 0.353 e. The fourth-order valence-electron chi connectivity index (χ4n) is 3.34. The van der Waals surface area contributed by atoms with Crippen LogP contribution in [0.1, 0.15) is 22.3 Å². The van der Waals surface area contributed by atoms with Gasteiger partial charge < -0.3 is 10.2 Å². The third-order valence-electron chi connectivity index (χ3n) is 5.00. The Balaban J connectivity index is 1.39. The summed E-state index contributed by atoms with van der Waals surface area (Å²) in [4.78, 5) is 14.4. The summed E-state index contributed by atoms with van der Waals surface area (Å²) in [5.41, 5.74) is 2.49. The molecule has 28 heavy (non-hydrogen) atoms. The van der Waals surface area contributed by atoms with Gasteiger partial charge in [-0.25, -0.2) is 8.78 Å². The number of halogens is 2. The molecule has 7 heteroatoms. The van der Waals surface area contributed by atoms with Crippen LogP contribution in [0.5, 0.6) is 0 Å². The molecule has 1 amide bonds. The molecule has 0 aliphatic carbocycles. The molecule has 2 heterocycles. The molecule has 1 aliphatic heterocycles. The molecule has 0 spiro atoms. The molecule has 4 rings (SSSR count). The average molecular weight is 382 g/mol. The van der Waals surface area contributed by atoms with Gasteiger partial charge in [0.25, 0.3) is 5.91 Å². The topological polar surface area (TPSA) is 61.0 Å². The number of aromatic nitrogens is 2. The Morgan fingerprint density at radius 1 is 1.18 bits per heavy atom. The minimum Gasteiger partial charge on any atom is -0.353 e. The molecular formula is C21H20F2N4O. The van der Waals surface area contributed by atoms with E-state index < -0.39 is 0 Å². The van der Waals surface area contributed by atoms with Crippen molar-refractivity contribution < 1.29 is 13.6 Å². The third-order valence-corrected chi connectivity index (χ3v) is 5.00. The highest BCUT2D eigenvalue weighted by atomic mass is 19.1. The summed E-state index contributed by atoms with van der Waals surface area (Å²) < 4.78 is 26.8. The highest BCUT2D eigenvalue weighted by molar-refractivity contribution is 5.94. The Hall–Kier alpha value is -3.22. The maximum absolute atomic E-state index is 13.7. The summed E-state index contributed by atoms with van der Waals surface area (Å²) in [6.45, 7) is 3.03. The number of hydrogen-bond donors (Lipinski definition) is 2. The van der Waals surface area contributed by atoms with E-state index >= 15 is 0 Å². The molecule has 0 unspecified atom stereocenters. The molecule has 5 nitrogen and oxygen atoms in total. The number of aryl methyl sites for hydroxylation is 1. The molecule has 3 aromatic rings. The molecule has 1 atom stereocenters. The van der Waals surface area contributed by atoms with E-state index in [2.05, 4.69) is 20.4 Å². The van der Waals surface area contributed by atoms with Crippen LogP contribution in [0.4, 0.5) is 14.6 Å². The van der Waals surface area contributed by atoms with Crippen LogP contribution in [0.15, 0.2) is 48.5 Å². The van der Waals surface area contributed by atoms with Crippen molar-refractivity contribution in [2.75, 3.05) is 18.0 Å². The van der Waals surface area contributed by atoms with Gasteiger partial charge >= 0.3 is 0 Å². The lowest BCUT2D eigenvalue weighted by Crippen LogP contribution is -2.37. The van der Waals surface area contributed by atoms with Crippen LogP contribution in [-0.4, -0.2) is 35.2 Å². The van der Waals surface area contributed by atoms with Gasteiger partial charge in [0, 0.05) is 30.8 Å². The summed E-state index contributed by atoms with van der Waals surface area (Å²) >= 11 is 0. The van der Waals surface area contributed by atoms with Crippen LogP contribution in [0, 0.1) is 18.6 Å². The van der Waals surface area contributed by atoms with Gasteiger partial charge in [-0.3, -0.25) is 9.89 Å². The maximum Gasteiger partial charge on any atom is 0.251 e. The lowest BCUT2D eigenvalue weighted by molar-refractivity contribution is 0.0940. The van der Waals surface area contributed by atoms with E-state index in [-0.39, 0.29) is 23.6 Å². The van der Waals surface area contributed by atoms with Gasteiger partial charge in [-0.05, 0) is 60.9 Å². The zero-order chi connectivity index (χ0) is 19.7. The van der Waals surface area contributed by atoms with E-state index in [9.17, 15) is 13.6 Å².